The van der Waals surface area contributed by atoms with E-state index in [1.807, 2.05) is 0 Å². The molecule has 0 atom stereocenters. The Kier molecular flexibility index (Phi) is 4.59. The molecule has 0 saturated carbocycles. The van der Waals surface area contributed by atoms with Gasteiger partial charge in [-0.1, -0.05) is 11.6 Å². The molecular weight excluding hydrogens is 302 g/mol. The fourth-order valence-electron chi connectivity index (χ4n) is 1.56. The summed E-state index contributed by atoms with van der Waals surface area (Å²) in [5.41, 5.74) is 5.77. The summed E-state index contributed by atoms with van der Waals surface area (Å²) in [6.07, 6.45) is 0. The van der Waals surface area contributed by atoms with Crippen molar-refractivity contribution < 1.29 is 18.3 Å². The fourth-order valence-corrected chi connectivity index (χ4v) is 1.78. The highest BCUT2D eigenvalue weighted by molar-refractivity contribution is 6.32. The number of hydrogen-bond acceptors (Lipinski definition) is 3. The van der Waals surface area contributed by atoms with Crippen LogP contribution < -0.4 is 15.8 Å². The Morgan fingerprint density at radius 1 is 1.24 bits per heavy atom. The van der Waals surface area contributed by atoms with Gasteiger partial charge in [0.15, 0.2) is 6.61 Å². The largest absolute Gasteiger partial charge is 0.482 e. The number of halogens is 3. The summed E-state index contributed by atoms with van der Waals surface area (Å²) in [7, 11) is 0. The van der Waals surface area contributed by atoms with E-state index in [1.54, 1.807) is 0 Å². The number of benzene rings is 2. The van der Waals surface area contributed by atoms with Crippen molar-refractivity contribution in [2.45, 2.75) is 0 Å². The van der Waals surface area contributed by atoms with Gasteiger partial charge in [-0.2, -0.15) is 0 Å². The molecule has 0 spiro atoms. The highest BCUT2D eigenvalue weighted by atomic mass is 35.5. The van der Waals surface area contributed by atoms with E-state index in [-0.39, 0.29) is 16.5 Å². The van der Waals surface area contributed by atoms with Crippen molar-refractivity contribution in [3.8, 4) is 5.75 Å². The van der Waals surface area contributed by atoms with Crippen molar-refractivity contribution in [3.63, 3.8) is 0 Å². The molecule has 110 valence electrons. The third-order valence-electron chi connectivity index (χ3n) is 2.52. The smallest absolute Gasteiger partial charge is 0.262 e. The van der Waals surface area contributed by atoms with Crippen LogP contribution in [-0.4, -0.2) is 12.5 Å². The molecule has 21 heavy (non-hydrogen) atoms. The molecule has 4 nitrogen and oxygen atoms in total. The summed E-state index contributed by atoms with van der Waals surface area (Å²) in [6, 6.07) is 7.32. The predicted molar refractivity (Wildman–Crippen MR) is 76.3 cm³/mol. The van der Waals surface area contributed by atoms with Crippen LogP contribution >= 0.6 is 11.6 Å². The van der Waals surface area contributed by atoms with E-state index in [4.69, 9.17) is 22.1 Å². The highest BCUT2D eigenvalue weighted by Gasteiger charge is 2.10. The van der Waals surface area contributed by atoms with E-state index in [0.29, 0.717) is 5.69 Å². The lowest BCUT2D eigenvalue weighted by molar-refractivity contribution is -0.118. The van der Waals surface area contributed by atoms with Gasteiger partial charge in [-0.15, -0.1) is 0 Å². The molecule has 0 fully saturated rings. The first-order valence-electron chi connectivity index (χ1n) is 5.88. The van der Waals surface area contributed by atoms with Gasteiger partial charge in [0, 0.05) is 5.69 Å². The average Bonchev–Trinajstić information content (AvgIpc) is 2.42. The van der Waals surface area contributed by atoms with Crippen LogP contribution in [0.25, 0.3) is 0 Å². The lowest BCUT2D eigenvalue weighted by Gasteiger charge is -2.09. The van der Waals surface area contributed by atoms with Crippen molar-refractivity contribution in [2.24, 2.45) is 0 Å². The number of rotatable bonds is 4. The molecule has 0 unspecified atom stereocenters. The maximum Gasteiger partial charge on any atom is 0.262 e. The van der Waals surface area contributed by atoms with Crippen molar-refractivity contribution in [1.82, 2.24) is 0 Å². The topological polar surface area (TPSA) is 64.3 Å². The SMILES string of the molecule is Nc1ccc(F)c(NC(=O)COc2ccc(F)cc2Cl)c1. The molecule has 0 radical (unpaired) electrons. The van der Waals surface area contributed by atoms with Crippen LogP contribution in [0.1, 0.15) is 0 Å². The number of nitrogens with one attached hydrogen (secondary N) is 1. The van der Waals surface area contributed by atoms with E-state index < -0.39 is 24.1 Å². The summed E-state index contributed by atoms with van der Waals surface area (Å²) in [5.74, 6) is -1.57. The second-order valence-corrected chi connectivity index (χ2v) is 4.56. The molecule has 0 bridgehead atoms. The third kappa shape index (κ3) is 4.06. The molecule has 0 heterocycles. The van der Waals surface area contributed by atoms with Crippen molar-refractivity contribution in [3.05, 3.63) is 53.1 Å². The van der Waals surface area contributed by atoms with Crippen LogP contribution in [0.3, 0.4) is 0 Å². The van der Waals surface area contributed by atoms with Crippen LogP contribution in [0.4, 0.5) is 20.2 Å². The predicted octanol–water partition coefficient (Wildman–Crippen LogP) is 3.22. The van der Waals surface area contributed by atoms with Gasteiger partial charge in [0.25, 0.3) is 5.91 Å². The van der Waals surface area contributed by atoms with Gasteiger partial charge >= 0.3 is 0 Å². The van der Waals surface area contributed by atoms with E-state index in [2.05, 4.69) is 5.32 Å². The maximum atomic E-state index is 13.4. The van der Waals surface area contributed by atoms with Gasteiger partial charge in [0.1, 0.15) is 17.4 Å². The van der Waals surface area contributed by atoms with Crippen molar-refractivity contribution in [2.75, 3.05) is 17.7 Å². The van der Waals surface area contributed by atoms with Gasteiger partial charge in [-0.3, -0.25) is 4.79 Å². The Hall–Kier alpha value is -2.34. The number of nitrogen functional groups attached to an aromatic ring is 1. The quantitative estimate of drug-likeness (QED) is 0.852. The molecule has 3 N–H and O–H groups in total. The Balaban J connectivity index is 1.97. The molecule has 1 amide bonds. The van der Waals surface area contributed by atoms with Crippen molar-refractivity contribution in [1.29, 1.82) is 0 Å². The number of hydrogen-bond donors (Lipinski definition) is 2. The summed E-state index contributed by atoms with van der Waals surface area (Å²) in [6.45, 7) is -0.403. The monoisotopic (exact) mass is 312 g/mol. The molecule has 2 aromatic rings. The van der Waals surface area contributed by atoms with Crippen molar-refractivity contribution >= 4 is 28.9 Å². The highest BCUT2D eigenvalue weighted by Crippen LogP contribution is 2.25. The Morgan fingerprint density at radius 3 is 2.71 bits per heavy atom. The standard InChI is InChI=1S/C14H11ClF2N2O2/c15-10-5-8(16)1-4-13(10)21-7-14(20)19-12-6-9(18)2-3-11(12)17/h1-6H,7,18H2,(H,19,20). The number of carbonyl (C=O) groups excluding carboxylic acids is 1. The molecular formula is C14H11ClF2N2O2. The average molecular weight is 313 g/mol. The molecule has 0 aromatic heterocycles. The first kappa shape index (κ1) is 15.1. The summed E-state index contributed by atoms with van der Waals surface area (Å²) >= 11 is 5.75. The zero-order chi connectivity index (χ0) is 15.4. The molecule has 0 aliphatic carbocycles. The maximum absolute atomic E-state index is 13.4. The molecule has 2 rings (SSSR count). The second kappa shape index (κ2) is 6.41. The van der Waals surface area contributed by atoms with Crippen LogP contribution in [-0.2, 0) is 4.79 Å². The first-order valence-corrected chi connectivity index (χ1v) is 6.26. The molecule has 0 aliphatic rings. The van der Waals surface area contributed by atoms with Crippen LogP contribution in [0, 0.1) is 11.6 Å². The minimum atomic E-state index is -0.614. The number of ether oxygens (including phenoxy) is 1. The number of amides is 1. The Morgan fingerprint density at radius 2 is 2.00 bits per heavy atom. The zero-order valence-corrected chi connectivity index (χ0v) is 11.5. The lowest BCUT2D eigenvalue weighted by Crippen LogP contribution is -2.21. The number of nitrogens with two attached hydrogens (primary N) is 1. The van der Waals surface area contributed by atoms with E-state index in [9.17, 15) is 13.6 Å². The summed E-state index contributed by atoms with van der Waals surface area (Å²) in [4.78, 5) is 11.7. The zero-order valence-electron chi connectivity index (χ0n) is 10.7. The van der Waals surface area contributed by atoms with E-state index in [0.717, 1.165) is 18.2 Å². The third-order valence-corrected chi connectivity index (χ3v) is 2.81. The van der Waals surface area contributed by atoms with Gasteiger partial charge in [0.2, 0.25) is 0 Å². The van der Waals surface area contributed by atoms with E-state index in [1.165, 1.54) is 18.2 Å². The van der Waals surface area contributed by atoms with Crippen LogP contribution in [0.2, 0.25) is 5.02 Å². The molecule has 7 heteroatoms. The lowest BCUT2D eigenvalue weighted by atomic mass is 10.2. The van der Waals surface area contributed by atoms with E-state index >= 15 is 0 Å². The Bertz CT molecular complexity index is 680. The number of anilines is 2. The molecule has 0 aliphatic heterocycles. The fraction of sp³-hybridized carbons (Fsp3) is 0.0714. The summed E-state index contributed by atoms with van der Waals surface area (Å²) < 4.78 is 31.4. The van der Waals surface area contributed by atoms with Gasteiger partial charge in [0.05, 0.1) is 10.7 Å². The van der Waals surface area contributed by atoms with Crippen LogP contribution in [0.15, 0.2) is 36.4 Å². The molecule has 0 saturated heterocycles. The second-order valence-electron chi connectivity index (χ2n) is 4.15. The van der Waals surface area contributed by atoms with Gasteiger partial charge in [-0.25, -0.2) is 8.78 Å². The first-order chi connectivity index (χ1) is 9.95. The van der Waals surface area contributed by atoms with Gasteiger partial charge in [-0.05, 0) is 36.4 Å². The Labute approximate surface area is 124 Å². The minimum absolute atomic E-state index is 0.0398. The van der Waals surface area contributed by atoms with Crippen LogP contribution in [0.5, 0.6) is 5.75 Å². The summed E-state index contributed by atoms with van der Waals surface area (Å²) in [5, 5.41) is 2.36. The normalized spacial score (nSPS) is 10.2. The minimum Gasteiger partial charge on any atom is -0.482 e. The molecule has 2 aromatic carbocycles. The van der Waals surface area contributed by atoms with Gasteiger partial charge < -0.3 is 15.8 Å². The number of carbonyl (C=O) groups is 1.